The second kappa shape index (κ2) is 6.80. The summed E-state index contributed by atoms with van der Waals surface area (Å²) < 4.78 is 0. The molecular weight excluding hydrogens is 276 g/mol. The smallest absolute Gasteiger partial charge is 0.315 e. The molecule has 116 valence electrons. The molecule has 1 aliphatic heterocycles. The molecule has 0 radical (unpaired) electrons. The van der Waals surface area contributed by atoms with E-state index in [9.17, 15) is 4.79 Å². The number of likely N-dealkylation sites (tertiary alicyclic amines) is 1. The summed E-state index contributed by atoms with van der Waals surface area (Å²) in [5.74, 6) is 0. The molecule has 2 fully saturated rings. The van der Waals surface area contributed by atoms with Crippen molar-refractivity contribution in [2.45, 2.75) is 44.3 Å². The zero-order valence-corrected chi connectivity index (χ0v) is 12.7. The number of nitriles is 1. The molecule has 1 aromatic carbocycles. The van der Waals surface area contributed by atoms with Crippen LogP contribution in [-0.4, -0.2) is 36.1 Å². The van der Waals surface area contributed by atoms with Crippen LogP contribution in [0.1, 0.15) is 36.8 Å². The Morgan fingerprint density at radius 2 is 2.05 bits per heavy atom. The first-order valence-corrected chi connectivity index (χ1v) is 8.02. The first-order valence-electron chi connectivity index (χ1n) is 8.02. The summed E-state index contributed by atoms with van der Waals surface area (Å²) in [5.41, 5.74) is 1.56. The number of nitrogens with one attached hydrogen (secondary N) is 2. The highest BCUT2D eigenvalue weighted by Crippen LogP contribution is 2.29. The Kier molecular flexibility index (Phi) is 4.59. The largest absolute Gasteiger partial charge is 0.335 e. The summed E-state index contributed by atoms with van der Waals surface area (Å²) in [5, 5.41) is 14.8. The van der Waals surface area contributed by atoms with E-state index in [2.05, 4.69) is 21.6 Å². The Labute approximate surface area is 131 Å². The molecule has 1 aromatic rings. The molecule has 1 aliphatic carbocycles. The van der Waals surface area contributed by atoms with Gasteiger partial charge in [-0.25, -0.2) is 4.79 Å². The van der Waals surface area contributed by atoms with E-state index in [1.165, 1.54) is 12.8 Å². The van der Waals surface area contributed by atoms with Crippen molar-refractivity contribution in [3.63, 3.8) is 0 Å². The van der Waals surface area contributed by atoms with E-state index in [4.69, 9.17) is 5.26 Å². The molecule has 0 aromatic heterocycles. The van der Waals surface area contributed by atoms with Gasteiger partial charge in [0.15, 0.2) is 0 Å². The molecule has 2 N–H and O–H groups in total. The van der Waals surface area contributed by atoms with Crippen molar-refractivity contribution < 1.29 is 4.79 Å². The lowest BCUT2D eigenvalue weighted by molar-refractivity contribution is 0.186. The molecule has 2 aliphatic rings. The SMILES string of the molecule is N#Cc1cccc(CNC(=O)NC2CCN(C3CC3)CC2)c1. The van der Waals surface area contributed by atoms with Gasteiger partial charge in [-0.1, -0.05) is 12.1 Å². The van der Waals surface area contributed by atoms with Gasteiger partial charge in [0.2, 0.25) is 0 Å². The summed E-state index contributed by atoms with van der Waals surface area (Å²) >= 11 is 0. The average molecular weight is 298 g/mol. The summed E-state index contributed by atoms with van der Waals surface area (Å²) in [6.45, 7) is 2.64. The van der Waals surface area contributed by atoms with Crippen LogP contribution in [-0.2, 0) is 6.54 Å². The maximum atomic E-state index is 12.0. The Morgan fingerprint density at radius 3 is 2.73 bits per heavy atom. The van der Waals surface area contributed by atoms with Crippen LogP contribution in [0.2, 0.25) is 0 Å². The maximum absolute atomic E-state index is 12.0. The van der Waals surface area contributed by atoms with E-state index in [0.717, 1.165) is 37.5 Å². The topological polar surface area (TPSA) is 68.2 Å². The number of carbonyl (C=O) groups is 1. The number of amides is 2. The van der Waals surface area contributed by atoms with Crippen LogP contribution < -0.4 is 10.6 Å². The lowest BCUT2D eigenvalue weighted by Gasteiger charge is -2.32. The summed E-state index contributed by atoms with van der Waals surface area (Å²) in [6.07, 6.45) is 4.77. The zero-order chi connectivity index (χ0) is 15.4. The zero-order valence-electron chi connectivity index (χ0n) is 12.7. The predicted octanol–water partition coefficient (Wildman–Crippen LogP) is 1.98. The number of urea groups is 1. The number of hydrogen-bond acceptors (Lipinski definition) is 3. The first kappa shape index (κ1) is 14.9. The second-order valence-corrected chi connectivity index (χ2v) is 6.18. The van der Waals surface area contributed by atoms with Crippen LogP contribution in [0.25, 0.3) is 0 Å². The molecule has 0 atom stereocenters. The normalized spacial score (nSPS) is 19.4. The van der Waals surface area contributed by atoms with E-state index in [1.807, 2.05) is 12.1 Å². The minimum Gasteiger partial charge on any atom is -0.335 e. The summed E-state index contributed by atoms with van der Waals surface area (Å²) in [7, 11) is 0. The standard InChI is InChI=1S/C17H22N4O/c18-11-13-2-1-3-14(10-13)12-19-17(22)20-15-6-8-21(9-7-15)16-4-5-16/h1-3,10,15-16H,4-9,12H2,(H2,19,20,22). The number of nitrogens with zero attached hydrogens (tertiary/aromatic N) is 2. The Bertz CT molecular complexity index is 568. The molecule has 22 heavy (non-hydrogen) atoms. The van der Waals surface area contributed by atoms with Gasteiger partial charge in [0.1, 0.15) is 0 Å². The quantitative estimate of drug-likeness (QED) is 0.893. The first-order chi connectivity index (χ1) is 10.7. The van der Waals surface area contributed by atoms with Gasteiger partial charge in [-0.15, -0.1) is 0 Å². The predicted molar refractivity (Wildman–Crippen MR) is 84.1 cm³/mol. The Balaban J connectivity index is 1.40. The van der Waals surface area contributed by atoms with Crippen LogP contribution in [0.15, 0.2) is 24.3 Å². The number of hydrogen-bond donors (Lipinski definition) is 2. The van der Waals surface area contributed by atoms with Crippen molar-refractivity contribution in [3.05, 3.63) is 35.4 Å². The Morgan fingerprint density at radius 1 is 1.27 bits per heavy atom. The minimum atomic E-state index is -0.118. The van der Waals surface area contributed by atoms with E-state index < -0.39 is 0 Å². The van der Waals surface area contributed by atoms with Gasteiger partial charge in [0, 0.05) is 31.7 Å². The van der Waals surface area contributed by atoms with Crippen molar-refractivity contribution in [2.75, 3.05) is 13.1 Å². The monoisotopic (exact) mass is 298 g/mol. The maximum Gasteiger partial charge on any atom is 0.315 e. The average Bonchev–Trinajstić information content (AvgIpc) is 3.39. The van der Waals surface area contributed by atoms with Gasteiger partial charge < -0.3 is 15.5 Å². The van der Waals surface area contributed by atoms with E-state index in [0.29, 0.717) is 12.1 Å². The minimum absolute atomic E-state index is 0.118. The van der Waals surface area contributed by atoms with Gasteiger partial charge in [-0.05, 0) is 43.4 Å². The third-order valence-electron chi connectivity index (χ3n) is 4.44. The number of piperidine rings is 1. The van der Waals surface area contributed by atoms with Crippen LogP contribution in [0, 0.1) is 11.3 Å². The molecule has 5 nitrogen and oxygen atoms in total. The van der Waals surface area contributed by atoms with Crippen LogP contribution >= 0.6 is 0 Å². The van der Waals surface area contributed by atoms with E-state index >= 15 is 0 Å². The fourth-order valence-corrected chi connectivity index (χ4v) is 3.02. The highest BCUT2D eigenvalue weighted by Gasteiger charge is 2.31. The fourth-order valence-electron chi connectivity index (χ4n) is 3.02. The molecule has 1 saturated heterocycles. The number of benzene rings is 1. The lowest BCUT2D eigenvalue weighted by atomic mass is 10.1. The van der Waals surface area contributed by atoms with Gasteiger partial charge in [-0.3, -0.25) is 0 Å². The highest BCUT2D eigenvalue weighted by atomic mass is 16.2. The molecule has 1 saturated carbocycles. The molecule has 0 spiro atoms. The molecule has 3 rings (SSSR count). The van der Waals surface area contributed by atoms with Crippen molar-refractivity contribution in [1.29, 1.82) is 5.26 Å². The lowest BCUT2D eigenvalue weighted by Crippen LogP contribution is -2.48. The third-order valence-corrected chi connectivity index (χ3v) is 4.44. The van der Waals surface area contributed by atoms with E-state index in [1.54, 1.807) is 12.1 Å². The molecule has 2 amide bonds. The van der Waals surface area contributed by atoms with Gasteiger partial charge >= 0.3 is 6.03 Å². The molecule has 5 heteroatoms. The van der Waals surface area contributed by atoms with Crippen molar-refractivity contribution >= 4 is 6.03 Å². The second-order valence-electron chi connectivity index (χ2n) is 6.18. The van der Waals surface area contributed by atoms with Crippen molar-refractivity contribution in [3.8, 4) is 6.07 Å². The van der Waals surface area contributed by atoms with Crippen LogP contribution in [0.4, 0.5) is 4.79 Å². The molecule has 0 bridgehead atoms. The number of rotatable bonds is 4. The molecule has 1 heterocycles. The van der Waals surface area contributed by atoms with Crippen molar-refractivity contribution in [1.82, 2.24) is 15.5 Å². The Hall–Kier alpha value is -2.06. The van der Waals surface area contributed by atoms with E-state index in [-0.39, 0.29) is 12.1 Å². The fraction of sp³-hybridized carbons (Fsp3) is 0.529. The van der Waals surface area contributed by atoms with Crippen molar-refractivity contribution in [2.24, 2.45) is 0 Å². The highest BCUT2D eigenvalue weighted by molar-refractivity contribution is 5.74. The molecule has 0 unspecified atom stereocenters. The number of carbonyl (C=O) groups excluding carboxylic acids is 1. The van der Waals surface area contributed by atoms with Crippen LogP contribution in [0.3, 0.4) is 0 Å². The van der Waals surface area contributed by atoms with Gasteiger partial charge in [-0.2, -0.15) is 5.26 Å². The summed E-state index contributed by atoms with van der Waals surface area (Å²) in [4.78, 5) is 14.5. The third kappa shape index (κ3) is 3.99. The van der Waals surface area contributed by atoms with Gasteiger partial charge in [0.05, 0.1) is 11.6 Å². The van der Waals surface area contributed by atoms with Crippen LogP contribution in [0.5, 0.6) is 0 Å². The summed E-state index contributed by atoms with van der Waals surface area (Å²) in [6, 6.07) is 10.4. The molecular formula is C17H22N4O. The van der Waals surface area contributed by atoms with Gasteiger partial charge in [0.25, 0.3) is 0 Å².